The fourth-order valence-electron chi connectivity index (χ4n) is 3.78. The third-order valence-corrected chi connectivity index (χ3v) is 5.74. The Hall–Kier alpha value is -2.00. The Morgan fingerprint density at radius 2 is 2.00 bits per heavy atom. The summed E-state index contributed by atoms with van der Waals surface area (Å²) in [7, 11) is 3.83. The van der Waals surface area contributed by atoms with E-state index >= 15 is 0 Å². The number of aryl methyl sites for hydroxylation is 1. The molecular formula is C22H27ClN2O. The highest BCUT2D eigenvalue weighted by Gasteiger charge is 2.34. The number of halogens is 1. The summed E-state index contributed by atoms with van der Waals surface area (Å²) in [5.41, 5.74) is 5.96. The first-order chi connectivity index (χ1) is 12.2. The number of nitrogens with zero attached hydrogens (tertiary/aromatic N) is 2. The predicted octanol–water partition coefficient (Wildman–Crippen LogP) is 6.13. The zero-order valence-electron chi connectivity index (χ0n) is 16.4. The van der Waals surface area contributed by atoms with Gasteiger partial charge < -0.3 is 9.64 Å². The molecule has 138 valence electrons. The maximum atomic E-state index is 6.11. The Labute approximate surface area is 161 Å². The average molecular weight is 371 g/mol. The third-order valence-electron chi connectivity index (χ3n) is 5.50. The van der Waals surface area contributed by atoms with Gasteiger partial charge in [0.15, 0.2) is 0 Å². The summed E-state index contributed by atoms with van der Waals surface area (Å²) in [5.74, 6) is 1.24. The van der Waals surface area contributed by atoms with E-state index in [1.807, 2.05) is 24.4 Å². The number of aliphatic imine (C=N–C) groups is 1. The molecule has 0 saturated heterocycles. The van der Waals surface area contributed by atoms with Gasteiger partial charge in [0, 0.05) is 29.5 Å². The van der Waals surface area contributed by atoms with Crippen LogP contribution >= 0.6 is 11.6 Å². The topological polar surface area (TPSA) is 24.8 Å². The first-order valence-electron chi connectivity index (χ1n) is 8.99. The monoisotopic (exact) mass is 370 g/mol. The van der Waals surface area contributed by atoms with Crippen molar-refractivity contribution in [1.82, 2.24) is 0 Å². The largest absolute Gasteiger partial charge is 0.494 e. The SMILES string of the molecule is COc1ccc(Cl)cc1N=Cc1cc2c(cc1C)N(C)C(C)(C)CC2C. The van der Waals surface area contributed by atoms with Crippen molar-refractivity contribution in [3.63, 3.8) is 0 Å². The Morgan fingerprint density at radius 1 is 1.27 bits per heavy atom. The lowest BCUT2D eigenvalue weighted by molar-refractivity contribution is 0.395. The molecule has 1 heterocycles. The highest BCUT2D eigenvalue weighted by molar-refractivity contribution is 6.30. The second-order valence-electron chi connectivity index (χ2n) is 7.82. The lowest BCUT2D eigenvalue weighted by atomic mass is 9.79. The van der Waals surface area contributed by atoms with Gasteiger partial charge >= 0.3 is 0 Å². The molecule has 1 aliphatic heterocycles. The van der Waals surface area contributed by atoms with Gasteiger partial charge in [0.1, 0.15) is 11.4 Å². The van der Waals surface area contributed by atoms with Crippen LogP contribution in [-0.4, -0.2) is 25.9 Å². The summed E-state index contributed by atoms with van der Waals surface area (Å²) in [6.45, 7) is 9.06. The predicted molar refractivity (Wildman–Crippen MR) is 112 cm³/mol. The van der Waals surface area contributed by atoms with Crippen molar-refractivity contribution in [3.8, 4) is 5.75 Å². The number of anilines is 1. The molecule has 2 aromatic rings. The molecule has 0 spiro atoms. The zero-order valence-corrected chi connectivity index (χ0v) is 17.2. The lowest BCUT2D eigenvalue weighted by Crippen LogP contribution is -2.45. The first kappa shape index (κ1) is 18.8. The van der Waals surface area contributed by atoms with Crippen LogP contribution < -0.4 is 9.64 Å². The molecule has 26 heavy (non-hydrogen) atoms. The molecule has 1 atom stereocenters. The molecule has 0 bridgehead atoms. The molecule has 1 aliphatic rings. The summed E-state index contributed by atoms with van der Waals surface area (Å²) < 4.78 is 5.38. The smallest absolute Gasteiger partial charge is 0.144 e. The maximum absolute atomic E-state index is 6.11. The van der Waals surface area contributed by atoms with Crippen LogP contribution in [-0.2, 0) is 0 Å². The molecule has 0 aromatic heterocycles. The number of hydrogen-bond donors (Lipinski definition) is 0. The summed E-state index contributed by atoms with van der Waals surface area (Å²) in [6, 6.07) is 10.0. The van der Waals surface area contributed by atoms with E-state index < -0.39 is 0 Å². The minimum Gasteiger partial charge on any atom is -0.494 e. The van der Waals surface area contributed by atoms with Crippen LogP contribution in [0.4, 0.5) is 11.4 Å². The minimum atomic E-state index is 0.169. The van der Waals surface area contributed by atoms with Gasteiger partial charge in [-0.05, 0) is 80.1 Å². The summed E-state index contributed by atoms with van der Waals surface area (Å²) in [6.07, 6.45) is 3.05. The molecule has 0 fully saturated rings. The molecule has 0 amide bonds. The second kappa shape index (κ2) is 6.96. The second-order valence-corrected chi connectivity index (χ2v) is 8.26. The van der Waals surface area contributed by atoms with Gasteiger partial charge in [0.25, 0.3) is 0 Å². The van der Waals surface area contributed by atoms with E-state index in [0.29, 0.717) is 10.9 Å². The number of benzene rings is 2. The van der Waals surface area contributed by atoms with Crippen LogP contribution in [0.25, 0.3) is 0 Å². The molecule has 4 heteroatoms. The Morgan fingerprint density at radius 3 is 2.69 bits per heavy atom. The maximum Gasteiger partial charge on any atom is 0.144 e. The van der Waals surface area contributed by atoms with Gasteiger partial charge in [-0.1, -0.05) is 18.5 Å². The molecule has 0 aliphatic carbocycles. The fourth-order valence-corrected chi connectivity index (χ4v) is 3.94. The van der Waals surface area contributed by atoms with Crippen molar-refractivity contribution < 1.29 is 4.74 Å². The van der Waals surface area contributed by atoms with Crippen LogP contribution in [0.5, 0.6) is 5.75 Å². The highest BCUT2D eigenvalue weighted by atomic mass is 35.5. The number of ether oxygens (including phenoxy) is 1. The van der Waals surface area contributed by atoms with Gasteiger partial charge in [-0.25, -0.2) is 0 Å². The van der Waals surface area contributed by atoms with Gasteiger partial charge in [0.05, 0.1) is 7.11 Å². The Bertz CT molecular complexity index is 857. The van der Waals surface area contributed by atoms with E-state index in [9.17, 15) is 0 Å². The van der Waals surface area contributed by atoms with E-state index in [0.717, 1.165) is 23.4 Å². The molecule has 0 radical (unpaired) electrons. The van der Waals surface area contributed by atoms with Crippen LogP contribution in [0, 0.1) is 6.92 Å². The Kier molecular flexibility index (Phi) is 5.03. The minimum absolute atomic E-state index is 0.169. The van der Waals surface area contributed by atoms with Gasteiger partial charge in [-0.15, -0.1) is 0 Å². The van der Waals surface area contributed by atoms with Crippen LogP contribution in [0.2, 0.25) is 5.02 Å². The van der Waals surface area contributed by atoms with E-state index in [1.165, 1.54) is 16.8 Å². The molecule has 2 aromatic carbocycles. The van der Waals surface area contributed by atoms with Crippen molar-refractivity contribution >= 4 is 29.2 Å². The van der Waals surface area contributed by atoms with Crippen LogP contribution in [0.3, 0.4) is 0 Å². The van der Waals surface area contributed by atoms with E-state index in [1.54, 1.807) is 7.11 Å². The summed E-state index contributed by atoms with van der Waals surface area (Å²) in [5, 5.41) is 0.651. The van der Waals surface area contributed by atoms with Gasteiger partial charge in [0.2, 0.25) is 0 Å². The van der Waals surface area contributed by atoms with Gasteiger partial charge in [-0.2, -0.15) is 0 Å². The number of methoxy groups -OCH3 is 1. The average Bonchev–Trinajstić information content (AvgIpc) is 2.58. The molecule has 3 nitrogen and oxygen atoms in total. The van der Waals surface area contributed by atoms with Crippen molar-refractivity contribution in [2.24, 2.45) is 4.99 Å². The molecule has 0 N–H and O–H groups in total. The molecule has 1 unspecified atom stereocenters. The highest BCUT2D eigenvalue weighted by Crippen LogP contribution is 2.43. The van der Waals surface area contributed by atoms with Crippen molar-refractivity contribution in [2.75, 3.05) is 19.1 Å². The first-order valence-corrected chi connectivity index (χ1v) is 9.36. The fraction of sp³-hybridized carbons (Fsp3) is 0.409. The molecule has 0 saturated carbocycles. The van der Waals surface area contributed by atoms with E-state index in [4.69, 9.17) is 16.3 Å². The normalized spacial score (nSPS) is 18.9. The van der Waals surface area contributed by atoms with E-state index in [-0.39, 0.29) is 5.54 Å². The quantitative estimate of drug-likeness (QED) is 0.607. The number of fused-ring (bicyclic) bond motifs is 1. The van der Waals surface area contributed by atoms with Crippen LogP contribution in [0.1, 0.15) is 49.8 Å². The van der Waals surface area contributed by atoms with Crippen LogP contribution in [0.15, 0.2) is 35.3 Å². The third kappa shape index (κ3) is 3.45. The Balaban J connectivity index is 2.01. The van der Waals surface area contributed by atoms with Crippen molar-refractivity contribution in [1.29, 1.82) is 0 Å². The number of rotatable bonds is 3. The zero-order chi connectivity index (χ0) is 19.1. The van der Waals surface area contributed by atoms with Gasteiger partial charge in [-0.3, -0.25) is 4.99 Å². The lowest BCUT2D eigenvalue weighted by Gasteiger charge is -2.45. The summed E-state index contributed by atoms with van der Waals surface area (Å²) in [4.78, 5) is 7.04. The molecule has 3 rings (SSSR count). The summed E-state index contributed by atoms with van der Waals surface area (Å²) >= 11 is 6.11. The van der Waals surface area contributed by atoms with Crippen molar-refractivity contribution in [3.05, 3.63) is 52.0 Å². The van der Waals surface area contributed by atoms with Crippen molar-refractivity contribution in [2.45, 2.75) is 45.6 Å². The number of hydrogen-bond acceptors (Lipinski definition) is 3. The standard InChI is InChI=1S/C22H27ClN2O/c1-14-9-20-18(15(2)12-22(3,4)25(20)5)10-16(14)13-24-19-11-17(23)7-8-21(19)26-6/h7-11,13,15H,12H2,1-6H3. The van der Waals surface area contributed by atoms with E-state index in [2.05, 4.69) is 56.8 Å². The molecular weight excluding hydrogens is 344 g/mol.